The van der Waals surface area contributed by atoms with Crippen LogP contribution in [-0.2, 0) is 0 Å². The van der Waals surface area contributed by atoms with Crippen LogP contribution in [0.5, 0.6) is 0 Å². The van der Waals surface area contributed by atoms with Crippen LogP contribution in [0.2, 0.25) is 0 Å². The molecule has 2 aliphatic rings. The fourth-order valence-electron chi connectivity index (χ4n) is 1.85. The van der Waals surface area contributed by atoms with Crippen LogP contribution in [0.4, 0.5) is 0 Å². The zero-order valence-electron chi connectivity index (χ0n) is 14.7. The summed E-state index contributed by atoms with van der Waals surface area (Å²) in [7, 11) is 0. The van der Waals surface area contributed by atoms with Gasteiger partial charge in [-0.3, -0.25) is 0 Å². The van der Waals surface area contributed by atoms with Gasteiger partial charge >= 0.3 is 0 Å². The molecule has 2 aromatic carbocycles. The van der Waals surface area contributed by atoms with Gasteiger partial charge in [0.15, 0.2) is 0 Å². The molecule has 2 aromatic rings. The second-order valence-electron chi connectivity index (χ2n) is 5.29. The summed E-state index contributed by atoms with van der Waals surface area (Å²) in [6.45, 7) is 8.50. The highest BCUT2D eigenvalue weighted by Crippen LogP contribution is 2.61. The summed E-state index contributed by atoms with van der Waals surface area (Å²) in [6.07, 6.45) is 2.50. The predicted molar refractivity (Wildman–Crippen MR) is 115 cm³/mol. The van der Waals surface area contributed by atoms with Crippen molar-refractivity contribution in [1.29, 1.82) is 0 Å². The Morgan fingerprint density at radius 2 is 0.708 bits per heavy atom. The van der Waals surface area contributed by atoms with Crippen molar-refractivity contribution in [3.63, 3.8) is 0 Å². The van der Waals surface area contributed by atoms with E-state index in [9.17, 15) is 0 Å². The minimum absolute atomic E-state index is 1.25. The van der Waals surface area contributed by atoms with Gasteiger partial charge in [-0.05, 0) is 24.3 Å². The van der Waals surface area contributed by atoms with Crippen molar-refractivity contribution < 1.29 is 0 Å². The van der Waals surface area contributed by atoms with Crippen LogP contribution in [0.15, 0.2) is 76.6 Å². The van der Waals surface area contributed by atoms with Gasteiger partial charge < -0.3 is 0 Å². The van der Waals surface area contributed by atoms with Crippen molar-refractivity contribution in [1.82, 2.24) is 0 Å². The molecule has 0 aromatic heterocycles. The fraction of sp³-hybridized carbons (Fsp3) is 0.300. The normalized spacial score (nSPS) is 14.2. The third-order valence-corrected chi connectivity index (χ3v) is 8.31. The summed E-state index contributed by atoms with van der Waals surface area (Å²) < 4.78 is 2.87. The van der Waals surface area contributed by atoms with Crippen LogP contribution in [0.1, 0.15) is 40.5 Å². The van der Waals surface area contributed by atoms with Gasteiger partial charge in [-0.25, -0.2) is 0 Å². The molecule has 4 rings (SSSR count). The number of benzene rings is 2. The first kappa shape index (κ1) is 19.9. The average molecular weight is 393 g/mol. The van der Waals surface area contributed by atoms with Crippen LogP contribution in [-0.4, -0.2) is 0 Å². The van der Waals surface area contributed by atoms with Gasteiger partial charge in [0, 0.05) is 19.6 Å². The summed E-state index contributed by atoms with van der Waals surface area (Å²) in [6, 6.07) is 17.3. The first-order valence-corrected chi connectivity index (χ1v) is 11.6. The van der Waals surface area contributed by atoms with Gasteiger partial charge in [-0.15, -0.1) is 0 Å². The Kier molecular flexibility index (Phi) is 8.74. The van der Waals surface area contributed by atoms with E-state index in [0.717, 1.165) is 0 Å². The van der Waals surface area contributed by atoms with Gasteiger partial charge in [0.2, 0.25) is 0 Å². The van der Waals surface area contributed by atoms with Gasteiger partial charge in [-0.2, -0.15) is 0 Å². The van der Waals surface area contributed by atoms with Crippen LogP contribution < -0.4 is 0 Å². The molecule has 0 spiro atoms. The molecular formula is C20H24S4. The second kappa shape index (κ2) is 10.5. The Balaban J connectivity index is 0.000000308. The second-order valence-corrected chi connectivity index (χ2v) is 10.0. The highest BCUT2D eigenvalue weighted by molar-refractivity contribution is 8.30. The maximum absolute atomic E-state index is 2.21. The average Bonchev–Trinajstić information content (AvgIpc) is 3.20. The van der Waals surface area contributed by atoms with E-state index in [1.54, 1.807) is 0 Å². The smallest absolute Gasteiger partial charge is 0.0706 e. The van der Waals surface area contributed by atoms with E-state index in [2.05, 4.69) is 76.2 Å². The first-order chi connectivity index (χ1) is 11.7. The lowest BCUT2D eigenvalue weighted by Crippen LogP contribution is -1.65. The van der Waals surface area contributed by atoms with Crippen LogP contribution in [0.3, 0.4) is 0 Å². The highest BCUT2D eigenvalue weighted by atomic mass is 32.2. The van der Waals surface area contributed by atoms with Crippen LogP contribution in [0.25, 0.3) is 0 Å². The third-order valence-electron chi connectivity index (χ3n) is 2.68. The minimum atomic E-state index is 1.25. The van der Waals surface area contributed by atoms with E-state index in [-0.39, 0.29) is 0 Å². The van der Waals surface area contributed by atoms with Crippen molar-refractivity contribution in [3.8, 4) is 0 Å². The quantitative estimate of drug-likeness (QED) is 0.439. The summed E-state index contributed by atoms with van der Waals surface area (Å²) >= 11 is 7.62. The molecule has 0 unspecified atom stereocenters. The largest absolute Gasteiger partial charge is 0.0798 e. The zero-order chi connectivity index (χ0) is 17.4. The molecule has 0 saturated heterocycles. The summed E-state index contributed by atoms with van der Waals surface area (Å²) in [5.41, 5.74) is 0. The number of hydrogen-bond acceptors (Lipinski definition) is 4. The molecule has 0 amide bonds. The molecule has 0 bridgehead atoms. The molecule has 2 heterocycles. The van der Waals surface area contributed by atoms with Crippen molar-refractivity contribution in [2.75, 3.05) is 0 Å². The zero-order valence-corrected chi connectivity index (χ0v) is 17.9. The summed E-state index contributed by atoms with van der Waals surface area (Å²) in [5, 5.41) is 0. The molecule has 0 radical (unpaired) electrons. The molecule has 0 N–H and O–H groups in total. The molecule has 24 heavy (non-hydrogen) atoms. The van der Waals surface area contributed by atoms with E-state index in [4.69, 9.17) is 0 Å². The number of rotatable bonds is 0. The Morgan fingerprint density at radius 3 is 0.917 bits per heavy atom. The lowest BCUT2D eigenvalue weighted by atomic mass is 10.4. The van der Waals surface area contributed by atoms with Gasteiger partial charge in [-0.1, -0.05) is 112 Å². The standard InChI is InChI=1S/C14H8S4.2C3H8/c1-2-6-10-9(5-1)15-13(16-10)14-17-11-7-3-4-8-12(11)18-14;2*1-3-2/h1-8H;2*3H2,1-2H3. The van der Waals surface area contributed by atoms with Crippen molar-refractivity contribution >= 4 is 47.0 Å². The Hall–Kier alpha value is -0.420. The van der Waals surface area contributed by atoms with E-state index >= 15 is 0 Å². The van der Waals surface area contributed by atoms with Gasteiger partial charge in [0.25, 0.3) is 0 Å². The van der Waals surface area contributed by atoms with Crippen molar-refractivity contribution in [3.05, 3.63) is 57.0 Å². The lowest BCUT2D eigenvalue weighted by Gasteiger charge is -1.98. The first-order valence-electron chi connectivity index (χ1n) is 8.37. The van der Waals surface area contributed by atoms with Crippen LogP contribution in [0, 0.1) is 0 Å². The van der Waals surface area contributed by atoms with E-state index in [1.807, 2.05) is 47.0 Å². The van der Waals surface area contributed by atoms with Gasteiger partial charge in [0.05, 0.1) is 8.47 Å². The van der Waals surface area contributed by atoms with Crippen LogP contribution >= 0.6 is 47.0 Å². The third kappa shape index (κ3) is 5.29. The summed E-state index contributed by atoms with van der Waals surface area (Å²) in [4.78, 5) is 5.56. The minimum Gasteiger partial charge on any atom is -0.0798 e. The molecule has 128 valence electrons. The van der Waals surface area contributed by atoms with E-state index < -0.39 is 0 Å². The topological polar surface area (TPSA) is 0 Å². The number of hydrogen-bond donors (Lipinski definition) is 0. The number of thioether (sulfide) groups is 4. The maximum Gasteiger partial charge on any atom is 0.0706 e. The van der Waals surface area contributed by atoms with E-state index in [0.29, 0.717) is 0 Å². The fourth-order valence-corrected chi connectivity index (χ4v) is 7.15. The predicted octanol–water partition coefficient (Wildman–Crippen LogP) is 8.74. The van der Waals surface area contributed by atoms with E-state index in [1.165, 1.54) is 40.9 Å². The number of fused-ring (bicyclic) bond motifs is 2. The van der Waals surface area contributed by atoms with Crippen molar-refractivity contribution in [2.45, 2.75) is 60.1 Å². The maximum atomic E-state index is 2.21. The monoisotopic (exact) mass is 392 g/mol. The molecule has 0 saturated carbocycles. The summed E-state index contributed by atoms with van der Waals surface area (Å²) in [5.74, 6) is 0. The lowest BCUT2D eigenvalue weighted by molar-refractivity contribution is 1.09. The molecular weight excluding hydrogens is 368 g/mol. The Bertz CT molecular complexity index is 578. The van der Waals surface area contributed by atoms with Crippen molar-refractivity contribution in [2.24, 2.45) is 0 Å². The molecule has 0 nitrogen and oxygen atoms in total. The molecule has 4 heteroatoms. The molecule has 0 atom stereocenters. The highest BCUT2D eigenvalue weighted by Gasteiger charge is 2.26. The molecule has 2 aliphatic heterocycles. The molecule has 0 aliphatic carbocycles. The Morgan fingerprint density at radius 1 is 0.500 bits per heavy atom. The SMILES string of the molecule is CCC.CCC.c1ccc2c(c1)SC(=C1Sc3ccccc3S1)S2. The van der Waals surface area contributed by atoms with Gasteiger partial charge in [0.1, 0.15) is 0 Å². The Labute approximate surface area is 163 Å². The molecule has 0 fully saturated rings.